The molecule has 27 heavy (non-hydrogen) atoms. The molecule has 6 heteroatoms. The fraction of sp³-hybridized carbons (Fsp3) is 0.286. The van der Waals surface area contributed by atoms with E-state index < -0.39 is 0 Å². The second-order valence-corrected chi connectivity index (χ2v) is 6.21. The van der Waals surface area contributed by atoms with E-state index in [-0.39, 0.29) is 0 Å². The fourth-order valence-corrected chi connectivity index (χ4v) is 2.68. The van der Waals surface area contributed by atoms with Crippen molar-refractivity contribution in [2.75, 3.05) is 7.11 Å². The van der Waals surface area contributed by atoms with Crippen molar-refractivity contribution >= 4 is 5.71 Å². The molecule has 140 valence electrons. The monoisotopic (exact) mass is 365 g/mol. The van der Waals surface area contributed by atoms with Gasteiger partial charge in [0.15, 0.2) is 11.5 Å². The summed E-state index contributed by atoms with van der Waals surface area (Å²) in [5.74, 6) is 1.81. The standard InChI is InChI=1S/C21H23N3O3/c1-5-19-22-21(27-23-19)20(24-25-4)17-9-7-6-8-16(17)13-26-18-12-14(2)10-11-15(18)3/h6-12H,5,13H2,1-4H3. The summed E-state index contributed by atoms with van der Waals surface area (Å²) < 4.78 is 11.4. The second-order valence-electron chi connectivity index (χ2n) is 6.21. The zero-order valence-corrected chi connectivity index (χ0v) is 16.0. The minimum Gasteiger partial charge on any atom is -0.489 e. The van der Waals surface area contributed by atoms with Crippen LogP contribution in [0.4, 0.5) is 0 Å². The molecular weight excluding hydrogens is 342 g/mol. The smallest absolute Gasteiger partial charge is 0.280 e. The van der Waals surface area contributed by atoms with Gasteiger partial charge in [0, 0.05) is 12.0 Å². The van der Waals surface area contributed by atoms with Gasteiger partial charge in [-0.2, -0.15) is 4.98 Å². The molecule has 0 spiro atoms. The van der Waals surface area contributed by atoms with Gasteiger partial charge in [0.05, 0.1) is 0 Å². The third kappa shape index (κ3) is 4.34. The highest BCUT2D eigenvalue weighted by atomic mass is 16.6. The molecule has 0 radical (unpaired) electrons. The first-order chi connectivity index (χ1) is 13.1. The molecule has 0 unspecified atom stereocenters. The largest absolute Gasteiger partial charge is 0.489 e. The van der Waals surface area contributed by atoms with Crippen LogP contribution in [0, 0.1) is 13.8 Å². The second kappa shape index (κ2) is 8.49. The lowest BCUT2D eigenvalue weighted by Gasteiger charge is -2.13. The van der Waals surface area contributed by atoms with E-state index in [4.69, 9.17) is 14.1 Å². The minimum atomic E-state index is 0.327. The van der Waals surface area contributed by atoms with Crippen molar-refractivity contribution in [1.29, 1.82) is 0 Å². The lowest BCUT2D eigenvalue weighted by molar-refractivity contribution is 0.212. The molecule has 0 bridgehead atoms. The van der Waals surface area contributed by atoms with Crippen molar-refractivity contribution < 1.29 is 14.1 Å². The molecular formula is C21H23N3O3. The van der Waals surface area contributed by atoms with Gasteiger partial charge in [0.1, 0.15) is 19.5 Å². The zero-order valence-electron chi connectivity index (χ0n) is 16.0. The maximum absolute atomic E-state index is 6.07. The molecule has 0 atom stereocenters. The SMILES string of the molecule is CCc1noc(C(=NOC)c2ccccc2COc2cc(C)ccc2C)n1. The van der Waals surface area contributed by atoms with Gasteiger partial charge < -0.3 is 14.1 Å². The first kappa shape index (κ1) is 18.6. The third-order valence-electron chi connectivity index (χ3n) is 4.17. The van der Waals surface area contributed by atoms with E-state index in [1.807, 2.05) is 51.1 Å². The van der Waals surface area contributed by atoms with Crippen molar-refractivity contribution in [2.45, 2.75) is 33.8 Å². The molecule has 1 heterocycles. The van der Waals surface area contributed by atoms with Gasteiger partial charge in [-0.3, -0.25) is 0 Å². The highest BCUT2D eigenvalue weighted by Gasteiger charge is 2.19. The molecule has 6 nitrogen and oxygen atoms in total. The molecule has 3 aromatic rings. The Hall–Kier alpha value is -3.15. The Kier molecular flexibility index (Phi) is 5.86. The van der Waals surface area contributed by atoms with Gasteiger partial charge >= 0.3 is 0 Å². The molecule has 1 aromatic heterocycles. The van der Waals surface area contributed by atoms with Crippen LogP contribution in [0.5, 0.6) is 5.75 Å². The molecule has 0 amide bonds. The van der Waals surface area contributed by atoms with Crippen LogP contribution in [0.1, 0.15) is 40.9 Å². The Balaban J connectivity index is 1.92. The predicted molar refractivity (Wildman–Crippen MR) is 103 cm³/mol. The van der Waals surface area contributed by atoms with E-state index in [0.29, 0.717) is 30.5 Å². The zero-order chi connectivity index (χ0) is 19.2. The summed E-state index contributed by atoms with van der Waals surface area (Å²) in [6, 6.07) is 14.0. The number of ether oxygens (including phenoxy) is 1. The summed E-state index contributed by atoms with van der Waals surface area (Å²) in [6.45, 7) is 6.43. The summed E-state index contributed by atoms with van der Waals surface area (Å²) in [5.41, 5.74) is 4.52. The summed E-state index contributed by atoms with van der Waals surface area (Å²) in [6.07, 6.45) is 0.682. The Labute approximate surface area is 158 Å². The average Bonchev–Trinajstić information content (AvgIpc) is 3.16. The summed E-state index contributed by atoms with van der Waals surface area (Å²) in [4.78, 5) is 9.41. The molecule has 0 aliphatic rings. The van der Waals surface area contributed by atoms with E-state index in [1.165, 1.54) is 7.11 Å². The normalized spacial score (nSPS) is 11.5. The van der Waals surface area contributed by atoms with Gasteiger partial charge in [-0.25, -0.2) is 0 Å². The number of nitrogens with zero attached hydrogens (tertiary/aromatic N) is 3. The van der Waals surface area contributed by atoms with E-state index in [1.54, 1.807) is 0 Å². The van der Waals surface area contributed by atoms with Crippen LogP contribution in [0.25, 0.3) is 0 Å². The first-order valence-corrected chi connectivity index (χ1v) is 8.84. The maximum atomic E-state index is 6.07. The number of aromatic nitrogens is 2. The van der Waals surface area contributed by atoms with Crippen LogP contribution >= 0.6 is 0 Å². The van der Waals surface area contributed by atoms with Crippen molar-refractivity contribution in [3.8, 4) is 5.75 Å². The number of hydrogen-bond acceptors (Lipinski definition) is 6. The van der Waals surface area contributed by atoms with E-state index >= 15 is 0 Å². The van der Waals surface area contributed by atoms with Crippen molar-refractivity contribution in [2.24, 2.45) is 5.16 Å². The summed E-state index contributed by atoms with van der Waals surface area (Å²) in [7, 11) is 1.49. The fourth-order valence-electron chi connectivity index (χ4n) is 2.68. The molecule has 0 N–H and O–H groups in total. The van der Waals surface area contributed by atoms with Crippen LogP contribution in [0.3, 0.4) is 0 Å². The van der Waals surface area contributed by atoms with Crippen LogP contribution in [0.15, 0.2) is 52.1 Å². The molecule has 0 saturated heterocycles. The van der Waals surface area contributed by atoms with Crippen LogP contribution in [-0.4, -0.2) is 23.0 Å². The third-order valence-corrected chi connectivity index (χ3v) is 4.17. The lowest BCUT2D eigenvalue weighted by atomic mass is 10.0. The Morgan fingerprint density at radius 3 is 2.70 bits per heavy atom. The van der Waals surface area contributed by atoms with Crippen molar-refractivity contribution in [3.05, 3.63) is 76.4 Å². The number of rotatable bonds is 7. The molecule has 0 aliphatic carbocycles. The van der Waals surface area contributed by atoms with Crippen LogP contribution in [-0.2, 0) is 17.9 Å². The van der Waals surface area contributed by atoms with Crippen LogP contribution < -0.4 is 4.74 Å². The molecule has 0 saturated carbocycles. The average molecular weight is 365 g/mol. The molecule has 0 fully saturated rings. The maximum Gasteiger partial charge on any atom is 0.280 e. The number of hydrogen-bond donors (Lipinski definition) is 0. The van der Waals surface area contributed by atoms with E-state index in [2.05, 4.69) is 27.4 Å². The van der Waals surface area contributed by atoms with Crippen molar-refractivity contribution in [3.63, 3.8) is 0 Å². The van der Waals surface area contributed by atoms with E-state index in [0.717, 1.165) is 28.0 Å². The van der Waals surface area contributed by atoms with Gasteiger partial charge in [0.25, 0.3) is 5.89 Å². The molecule has 0 aliphatic heterocycles. The topological polar surface area (TPSA) is 69.7 Å². The van der Waals surface area contributed by atoms with Crippen molar-refractivity contribution in [1.82, 2.24) is 10.1 Å². The summed E-state index contributed by atoms with van der Waals surface area (Å²) in [5, 5.41) is 8.08. The predicted octanol–water partition coefficient (Wildman–Crippen LogP) is 4.23. The number of benzene rings is 2. The van der Waals surface area contributed by atoms with Crippen LogP contribution in [0.2, 0.25) is 0 Å². The summed E-state index contributed by atoms with van der Waals surface area (Å²) >= 11 is 0. The molecule has 3 rings (SSSR count). The van der Waals surface area contributed by atoms with Gasteiger partial charge in [-0.1, -0.05) is 53.6 Å². The highest BCUT2D eigenvalue weighted by molar-refractivity contribution is 6.10. The Morgan fingerprint density at radius 1 is 1.15 bits per heavy atom. The number of aryl methyl sites for hydroxylation is 3. The lowest BCUT2D eigenvalue weighted by Crippen LogP contribution is -2.10. The number of oxime groups is 1. The highest BCUT2D eigenvalue weighted by Crippen LogP contribution is 2.22. The first-order valence-electron chi connectivity index (χ1n) is 8.84. The van der Waals surface area contributed by atoms with Gasteiger partial charge in [-0.15, -0.1) is 0 Å². The Bertz CT molecular complexity index is 947. The quantitative estimate of drug-likeness (QED) is 0.463. The Morgan fingerprint density at radius 2 is 1.96 bits per heavy atom. The minimum absolute atomic E-state index is 0.327. The molecule has 2 aromatic carbocycles. The van der Waals surface area contributed by atoms with E-state index in [9.17, 15) is 0 Å². The van der Waals surface area contributed by atoms with Gasteiger partial charge in [0.2, 0.25) is 0 Å². The van der Waals surface area contributed by atoms with Gasteiger partial charge in [-0.05, 0) is 36.6 Å².